The van der Waals surface area contributed by atoms with Crippen molar-refractivity contribution >= 4 is 24.0 Å². The summed E-state index contributed by atoms with van der Waals surface area (Å²) in [6.07, 6.45) is 0.845. The minimum atomic E-state index is -0.393. The minimum absolute atomic E-state index is 0. The molecule has 0 spiro atoms. The molecule has 2 saturated heterocycles. The number of carbonyl (C=O) groups excluding carboxylic acids is 1. The van der Waals surface area contributed by atoms with E-state index in [1.165, 1.54) is 0 Å². The SMILES string of the molecule is COCC1(C(=O)N2CCN(c3ccc(O)cc3)CC2)CCNC1.Cl. The second kappa shape index (κ2) is 8.05. The highest BCUT2D eigenvalue weighted by Crippen LogP contribution is 2.29. The number of hydrogen-bond donors (Lipinski definition) is 2. The highest BCUT2D eigenvalue weighted by Gasteiger charge is 2.44. The molecule has 2 aliphatic rings. The largest absolute Gasteiger partial charge is 0.508 e. The molecule has 0 saturated carbocycles. The number of carbonyl (C=O) groups is 1. The summed E-state index contributed by atoms with van der Waals surface area (Å²) >= 11 is 0. The van der Waals surface area contributed by atoms with Crippen LogP contribution in [0.1, 0.15) is 6.42 Å². The van der Waals surface area contributed by atoms with Gasteiger partial charge in [0.2, 0.25) is 5.91 Å². The number of amides is 1. The summed E-state index contributed by atoms with van der Waals surface area (Å²) in [6.45, 7) is 5.15. The summed E-state index contributed by atoms with van der Waals surface area (Å²) in [5.74, 6) is 0.493. The Balaban J connectivity index is 0.00000208. The summed E-state index contributed by atoms with van der Waals surface area (Å²) in [6, 6.07) is 7.23. The number of phenolic OH excluding ortho intramolecular Hbond substituents is 1. The van der Waals surface area contributed by atoms with Crippen LogP contribution in [0.2, 0.25) is 0 Å². The van der Waals surface area contributed by atoms with E-state index in [0.29, 0.717) is 13.2 Å². The average molecular weight is 356 g/mol. The molecule has 2 fully saturated rings. The van der Waals surface area contributed by atoms with E-state index in [1.54, 1.807) is 19.2 Å². The number of anilines is 1. The summed E-state index contributed by atoms with van der Waals surface area (Å²) in [5.41, 5.74) is 0.694. The Morgan fingerprint density at radius 2 is 1.92 bits per heavy atom. The van der Waals surface area contributed by atoms with Crippen LogP contribution in [0.3, 0.4) is 0 Å². The third kappa shape index (κ3) is 3.77. The fourth-order valence-electron chi connectivity index (χ4n) is 3.55. The lowest BCUT2D eigenvalue weighted by molar-refractivity contribution is -0.144. The number of aromatic hydroxyl groups is 1. The zero-order chi connectivity index (χ0) is 16.3. The third-order valence-corrected chi connectivity index (χ3v) is 4.90. The van der Waals surface area contributed by atoms with Gasteiger partial charge >= 0.3 is 0 Å². The monoisotopic (exact) mass is 355 g/mol. The van der Waals surface area contributed by atoms with E-state index >= 15 is 0 Å². The van der Waals surface area contributed by atoms with Crippen LogP contribution in [-0.2, 0) is 9.53 Å². The molecule has 6 nitrogen and oxygen atoms in total. The van der Waals surface area contributed by atoms with Crippen LogP contribution in [0.25, 0.3) is 0 Å². The summed E-state index contributed by atoms with van der Waals surface area (Å²) in [5, 5.41) is 12.7. The van der Waals surface area contributed by atoms with Gasteiger partial charge in [-0.2, -0.15) is 0 Å². The van der Waals surface area contributed by atoms with Crippen LogP contribution in [-0.4, -0.2) is 68.9 Å². The lowest BCUT2D eigenvalue weighted by atomic mass is 9.86. The molecule has 134 valence electrons. The maximum Gasteiger partial charge on any atom is 0.232 e. The number of nitrogens with zero attached hydrogens (tertiary/aromatic N) is 2. The van der Waals surface area contributed by atoms with Crippen molar-refractivity contribution in [3.05, 3.63) is 24.3 Å². The number of benzene rings is 1. The smallest absolute Gasteiger partial charge is 0.232 e. The highest BCUT2D eigenvalue weighted by atomic mass is 35.5. The van der Waals surface area contributed by atoms with Crippen LogP contribution in [0.4, 0.5) is 5.69 Å². The van der Waals surface area contributed by atoms with Crippen molar-refractivity contribution in [1.29, 1.82) is 0 Å². The van der Waals surface area contributed by atoms with Gasteiger partial charge in [-0.3, -0.25) is 4.79 Å². The van der Waals surface area contributed by atoms with Crippen molar-refractivity contribution in [2.45, 2.75) is 6.42 Å². The van der Waals surface area contributed by atoms with Gasteiger partial charge in [0.1, 0.15) is 5.75 Å². The van der Waals surface area contributed by atoms with Crippen LogP contribution >= 0.6 is 12.4 Å². The second-order valence-corrected chi connectivity index (χ2v) is 6.44. The van der Waals surface area contributed by atoms with Gasteiger partial charge in [0.05, 0.1) is 12.0 Å². The van der Waals surface area contributed by atoms with E-state index < -0.39 is 5.41 Å². The van der Waals surface area contributed by atoms with E-state index in [-0.39, 0.29) is 24.1 Å². The van der Waals surface area contributed by atoms with Gasteiger partial charge < -0.3 is 25.0 Å². The molecule has 2 aliphatic heterocycles. The Hall–Kier alpha value is -1.50. The standard InChI is InChI=1S/C17H25N3O3.ClH/c1-23-13-17(6-7-18-12-17)16(22)20-10-8-19(9-11-20)14-2-4-15(21)5-3-14;/h2-5,18,21H,6-13H2,1H3;1H. The summed E-state index contributed by atoms with van der Waals surface area (Å²) < 4.78 is 5.32. The summed E-state index contributed by atoms with van der Waals surface area (Å²) in [7, 11) is 1.66. The van der Waals surface area contributed by atoms with Crippen molar-refractivity contribution in [2.24, 2.45) is 5.41 Å². The Bertz CT molecular complexity index is 539. The van der Waals surface area contributed by atoms with E-state index in [9.17, 15) is 9.90 Å². The van der Waals surface area contributed by atoms with Gasteiger partial charge in [-0.25, -0.2) is 0 Å². The minimum Gasteiger partial charge on any atom is -0.508 e. The van der Waals surface area contributed by atoms with E-state index in [2.05, 4.69) is 10.2 Å². The number of methoxy groups -OCH3 is 1. The lowest BCUT2D eigenvalue weighted by Crippen LogP contribution is -2.55. The molecule has 0 bridgehead atoms. The molecule has 3 rings (SSSR count). The van der Waals surface area contributed by atoms with Crippen LogP contribution in [0.15, 0.2) is 24.3 Å². The topological polar surface area (TPSA) is 65.0 Å². The number of rotatable bonds is 4. The molecule has 2 N–H and O–H groups in total. The molecule has 1 aromatic carbocycles. The second-order valence-electron chi connectivity index (χ2n) is 6.44. The first-order valence-electron chi connectivity index (χ1n) is 8.18. The Kier molecular flexibility index (Phi) is 6.32. The number of hydrogen-bond acceptors (Lipinski definition) is 5. The first-order chi connectivity index (χ1) is 11.1. The molecule has 2 heterocycles. The number of halogens is 1. The molecular formula is C17H26ClN3O3. The van der Waals surface area contributed by atoms with E-state index in [1.807, 2.05) is 17.0 Å². The average Bonchev–Trinajstić information content (AvgIpc) is 3.05. The van der Waals surface area contributed by atoms with Gasteiger partial charge in [0.25, 0.3) is 0 Å². The molecular weight excluding hydrogens is 330 g/mol. The molecule has 0 radical (unpaired) electrons. The first kappa shape index (κ1) is 18.8. The maximum atomic E-state index is 13.0. The molecule has 0 aliphatic carbocycles. The van der Waals surface area contributed by atoms with Crippen LogP contribution in [0, 0.1) is 5.41 Å². The number of nitrogens with one attached hydrogen (secondary N) is 1. The van der Waals surface area contributed by atoms with Gasteiger partial charge in [0.15, 0.2) is 0 Å². The Morgan fingerprint density at radius 3 is 2.46 bits per heavy atom. The third-order valence-electron chi connectivity index (χ3n) is 4.90. The zero-order valence-corrected chi connectivity index (χ0v) is 14.8. The van der Waals surface area contributed by atoms with Gasteiger partial charge in [-0.15, -0.1) is 12.4 Å². The van der Waals surface area contributed by atoms with Gasteiger partial charge in [0, 0.05) is 45.5 Å². The number of phenols is 1. The zero-order valence-electron chi connectivity index (χ0n) is 14.0. The van der Waals surface area contributed by atoms with Crippen molar-refractivity contribution in [3.63, 3.8) is 0 Å². The Labute approximate surface area is 149 Å². The molecule has 1 unspecified atom stereocenters. The Morgan fingerprint density at radius 1 is 1.25 bits per heavy atom. The van der Waals surface area contributed by atoms with Crippen molar-refractivity contribution in [2.75, 3.05) is 57.9 Å². The quantitative estimate of drug-likeness (QED) is 0.846. The highest BCUT2D eigenvalue weighted by molar-refractivity contribution is 5.85. The fraction of sp³-hybridized carbons (Fsp3) is 0.588. The lowest BCUT2D eigenvalue weighted by Gasteiger charge is -2.40. The van der Waals surface area contributed by atoms with Crippen LogP contribution in [0.5, 0.6) is 5.75 Å². The molecule has 24 heavy (non-hydrogen) atoms. The number of piperazine rings is 1. The normalized spacial score (nSPS) is 23.9. The molecule has 1 atom stereocenters. The van der Waals surface area contributed by atoms with E-state index in [4.69, 9.17) is 4.74 Å². The molecule has 1 aromatic rings. The van der Waals surface area contributed by atoms with E-state index in [0.717, 1.165) is 44.8 Å². The molecule has 7 heteroatoms. The van der Waals surface area contributed by atoms with Crippen molar-refractivity contribution < 1.29 is 14.6 Å². The van der Waals surface area contributed by atoms with Gasteiger partial charge in [-0.05, 0) is 37.2 Å². The summed E-state index contributed by atoms with van der Waals surface area (Å²) in [4.78, 5) is 17.2. The predicted molar refractivity (Wildman–Crippen MR) is 95.9 cm³/mol. The van der Waals surface area contributed by atoms with Crippen LogP contribution < -0.4 is 10.2 Å². The van der Waals surface area contributed by atoms with Gasteiger partial charge in [-0.1, -0.05) is 0 Å². The maximum absolute atomic E-state index is 13.0. The number of ether oxygens (including phenoxy) is 1. The molecule has 0 aromatic heterocycles. The molecule has 1 amide bonds. The van der Waals surface area contributed by atoms with Crippen molar-refractivity contribution in [3.8, 4) is 5.75 Å². The first-order valence-corrected chi connectivity index (χ1v) is 8.18. The van der Waals surface area contributed by atoms with Crippen molar-refractivity contribution in [1.82, 2.24) is 10.2 Å². The predicted octanol–water partition coefficient (Wildman–Crippen LogP) is 1.09. The fourth-order valence-corrected chi connectivity index (χ4v) is 3.55.